The molecule has 0 aliphatic carbocycles. The summed E-state index contributed by atoms with van der Waals surface area (Å²) in [5.41, 5.74) is 2.64. The van der Waals surface area contributed by atoms with Crippen LogP contribution < -0.4 is 16.2 Å². The third-order valence-corrected chi connectivity index (χ3v) is 4.08. The molecule has 3 N–H and O–H groups in total. The first-order chi connectivity index (χ1) is 10.0. The van der Waals surface area contributed by atoms with Gasteiger partial charge < -0.3 is 10.3 Å². The Kier molecular flexibility index (Phi) is 5.14. The lowest BCUT2D eigenvalue weighted by atomic mass is 10.2. The molecule has 0 bridgehead atoms. The summed E-state index contributed by atoms with van der Waals surface area (Å²) in [7, 11) is 0. The van der Waals surface area contributed by atoms with E-state index in [0.29, 0.717) is 11.9 Å². The summed E-state index contributed by atoms with van der Waals surface area (Å²) < 4.78 is 0. The van der Waals surface area contributed by atoms with E-state index >= 15 is 0 Å². The quantitative estimate of drug-likeness (QED) is 0.633. The van der Waals surface area contributed by atoms with E-state index in [4.69, 9.17) is 10.8 Å². The van der Waals surface area contributed by atoms with Crippen LogP contribution >= 0.6 is 11.3 Å². The third kappa shape index (κ3) is 3.92. The van der Waals surface area contributed by atoms with Crippen molar-refractivity contribution in [3.8, 4) is 0 Å². The summed E-state index contributed by atoms with van der Waals surface area (Å²) in [6.45, 7) is 9.34. The van der Waals surface area contributed by atoms with E-state index < -0.39 is 0 Å². The Balaban J connectivity index is 2.37. The summed E-state index contributed by atoms with van der Waals surface area (Å²) in [6.07, 6.45) is 0. The number of hydrogen-bond acceptors (Lipinski definition) is 6. The molecule has 0 unspecified atom stereocenters. The van der Waals surface area contributed by atoms with Gasteiger partial charge in [0.05, 0.1) is 6.54 Å². The zero-order valence-electron chi connectivity index (χ0n) is 13.0. The average molecular weight is 305 g/mol. The Morgan fingerprint density at radius 1 is 1.29 bits per heavy atom. The number of nitrogens with zero attached hydrogens (tertiary/aromatic N) is 3. The molecule has 21 heavy (non-hydrogen) atoms. The molecule has 114 valence electrons. The predicted molar refractivity (Wildman–Crippen MR) is 89.6 cm³/mol. The largest absolute Gasteiger partial charge is 0.349 e. The molecule has 0 saturated heterocycles. The van der Waals surface area contributed by atoms with Gasteiger partial charge in [-0.25, -0.2) is 15.8 Å². The monoisotopic (exact) mass is 305 g/mol. The number of anilines is 2. The molecule has 2 rings (SSSR count). The van der Waals surface area contributed by atoms with Crippen LogP contribution in [0.3, 0.4) is 0 Å². The number of thiophene rings is 1. The van der Waals surface area contributed by atoms with Gasteiger partial charge in [0.2, 0.25) is 0 Å². The van der Waals surface area contributed by atoms with Crippen molar-refractivity contribution in [1.82, 2.24) is 9.97 Å². The first-order valence-corrected chi connectivity index (χ1v) is 8.03. The van der Waals surface area contributed by atoms with Crippen molar-refractivity contribution in [1.29, 1.82) is 0 Å². The summed E-state index contributed by atoms with van der Waals surface area (Å²) >= 11 is 1.76. The number of rotatable bonds is 6. The molecule has 0 amide bonds. The van der Waals surface area contributed by atoms with E-state index in [-0.39, 0.29) is 5.92 Å². The van der Waals surface area contributed by atoms with E-state index in [1.807, 2.05) is 6.07 Å². The molecule has 6 heteroatoms. The fraction of sp³-hybridized carbons (Fsp3) is 0.467. The van der Waals surface area contributed by atoms with Crippen molar-refractivity contribution < 1.29 is 0 Å². The van der Waals surface area contributed by atoms with E-state index in [0.717, 1.165) is 18.2 Å². The van der Waals surface area contributed by atoms with Crippen LogP contribution in [0.15, 0.2) is 23.6 Å². The number of nitrogen functional groups attached to an aromatic ring is 1. The maximum Gasteiger partial charge on any atom is 0.145 e. The van der Waals surface area contributed by atoms with Gasteiger partial charge in [-0.1, -0.05) is 19.9 Å². The standard InChI is InChI=1S/C15H23N5S/c1-10(2)15-17-13(19-16)8-14(18-15)20(11(3)4)9-12-6-5-7-21-12/h5-8,10-11H,9,16H2,1-4H3,(H,17,18,19). The highest BCUT2D eigenvalue weighted by molar-refractivity contribution is 7.09. The Hall–Kier alpha value is -1.66. The molecule has 2 heterocycles. The maximum atomic E-state index is 5.54. The zero-order chi connectivity index (χ0) is 15.4. The van der Waals surface area contributed by atoms with Gasteiger partial charge in [0.1, 0.15) is 17.5 Å². The molecule has 2 aromatic heterocycles. The summed E-state index contributed by atoms with van der Waals surface area (Å²) in [5.74, 6) is 8.16. The van der Waals surface area contributed by atoms with Gasteiger partial charge in [0.15, 0.2) is 0 Å². The van der Waals surface area contributed by atoms with Crippen LogP contribution in [-0.2, 0) is 6.54 Å². The molecule has 0 saturated carbocycles. The Bertz CT molecular complexity index is 565. The van der Waals surface area contributed by atoms with Crippen LogP contribution in [0.25, 0.3) is 0 Å². The van der Waals surface area contributed by atoms with Gasteiger partial charge >= 0.3 is 0 Å². The van der Waals surface area contributed by atoms with Crippen molar-refractivity contribution in [2.24, 2.45) is 5.84 Å². The van der Waals surface area contributed by atoms with Gasteiger partial charge in [-0.3, -0.25) is 0 Å². The van der Waals surface area contributed by atoms with Gasteiger partial charge in [-0.05, 0) is 25.3 Å². The normalized spacial score (nSPS) is 11.2. The molecule has 0 atom stereocenters. The molecule has 0 radical (unpaired) electrons. The van der Waals surface area contributed by atoms with Crippen molar-refractivity contribution in [2.45, 2.75) is 46.2 Å². The van der Waals surface area contributed by atoms with Crippen LogP contribution in [0.4, 0.5) is 11.6 Å². The van der Waals surface area contributed by atoms with Crippen LogP contribution in [-0.4, -0.2) is 16.0 Å². The Morgan fingerprint density at radius 3 is 2.57 bits per heavy atom. The molecule has 0 fully saturated rings. The highest BCUT2D eigenvalue weighted by Gasteiger charge is 2.16. The molecule has 5 nitrogen and oxygen atoms in total. The minimum atomic E-state index is 0.257. The minimum absolute atomic E-state index is 0.257. The van der Waals surface area contributed by atoms with E-state index in [2.05, 4.69) is 60.5 Å². The second-order valence-electron chi connectivity index (χ2n) is 5.57. The highest BCUT2D eigenvalue weighted by Crippen LogP contribution is 2.24. The number of nitrogens with two attached hydrogens (primary N) is 1. The molecule has 0 aromatic carbocycles. The van der Waals surface area contributed by atoms with Crippen LogP contribution in [0, 0.1) is 0 Å². The number of hydrogen-bond donors (Lipinski definition) is 2. The molecule has 0 aliphatic heterocycles. The van der Waals surface area contributed by atoms with Crippen LogP contribution in [0.2, 0.25) is 0 Å². The number of aromatic nitrogens is 2. The zero-order valence-corrected chi connectivity index (χ0v) is 13.8. The van der Waals surface area contributed by atoms with E-state index in [9.17, 15) is 0 Å². The van der Waals surface area contributed by atoms with Gasteiger partial charge in [-0.2, -0.15) is 0 Å². The first kappa shape index (κ1) is 15.7. The third-order valence-electron chi connectivity index (χ3n) is 3.22. The second-order valence-corrected chi connectivity index (χ2v) is 6.60. The summed E-state index contributed by atoms with van der Waals surface area (Å²) in [4.78, 5) is 12.7. The lowest BCUT2D eigenvalue weighted by molar-refractivity contribution is 0.666. The minimum Gasteiger partial charge on any atom is -0.349 e. The van der Waals surface area contributed by atoms with E-state index in [1.165, 1.54) is 4.88 Å². The van der Waals surface area contributed by atoms with Crippen molar-refractivity contribution >= 4 is 23.0 Å². The smallest absolute Gasteiger partial charge is 0.145 e. The summed E-state index contributed by atoms with van der Waals surface area (Å²) in [5, 5.41) is 2.10. The maximum absolute atomic E-state index is 5.54. The average Bonchev–Trinajstić information content (AvgIpc) is 2.96. The van der Waals surface area contributed by atoms with Crippen LogP contribution in [0.1, 0.15) is 44.3 Å². The van der Waals surface area contributed by atoms with E-state index in [1.54, 1.807) is 11.3 Å². The van der Waals surface area contributed by atoms with Crippen molar-refractivity contribution in [2.75, 3.05) is 10.3 Å². The topological polar surface area (TPSA) is 67.1 Å². The van der Waals surface area contributed by atoms with Gasteiger partial charge in [0.25, 0.3) is 0 Å². The Morgan fingerprint density at radius 2 is 2.05 bits per heavy atom. The SMILES string of the molecule is CC(C)c1nc(NN)cc(N(Cc2cccs2)C(C)C)n1. The van der Waals surface area contributed by atoms with Gasteiger partial charge in [-0.15, -0.1) is 11.3 Å². The van der Waals surface area contributed by atoms with Crippen molar-refractivity contribution in [3.05, 3.63) is 34.3 Å². The first-order valence-electron chi connectivity index (χ1n) is 7.16. The molecule has 2 aromatic rings. The number of hydrazine groups is 1. The van der Waals surface area contributed by atoms with Gasteiger partial charge in [0, 0.05) is 22.9 Å². The lowest BCUT2D eigenvalue weighted by Crippen LogP contribution is -2.31. The van der Waals surface area contributed by atoms with Crippen molar-refractivity contribution in [3.63, 3.8) is 0 Å². The molecule has 0 aliphatic rings. The van der Waals surface area contributed by atoms with Crippen LogP contribution in [0.5, 0.6) is 0 Å². The molecule has 0 spiro atoms. The molecular formula is C15H23N5S. The summed E-state index contributed by atoms with van der Waals surface area (Å²) in [6, 6.07) is 6.46. The predicted octanol–water partition coefficient (Wildman–Crippen LogP) is 3.36. The molecular weight excluding hydrogens is 282 g/mol. The fourth-order valence-corrected chi connectivity index (χ4v) is 2.73. The Labute approximate surface area is 130 Å². The fourth-order valence-electron chi connectivity index (χ4n) is 2.03. The lowest BCUT2D eigenvalue weighted by Gasteiger charge is -2.28. The highest BCUT2D eigenvalue weighted by atomic mass is 32.1. The number of nitrogens with one attached hydrogen (secondary N) is 1. The second kappa shape index (κ2) is 6.87.